The average Bonchev–Trinajstić information content (AvgIpc) is 2.78. The van der Waals surface area contributed by atoms with Crippen LogP contribution in [0.3, 0.4) is 0 Å². The van der Waals surface area contributed by atoms with Crippen molar-refractivity contribution in [1.29, 1.82) is 0 Å². The van der Waals surface area contributed by atoms with Crippen LogP contribution < -0.4 is 5.32 Å². The fraction of sp³-hybridized carbons (Fsp3) is 0.250. The van der Waals surface area contributed by atoms with E-state index in [1.54, 1.807) is 35.6 Å². The predicted molar refractivity (Wildman–Crippen MR) is 87.4 cm³/mol. The average molecular weight is 322 g/mol. The van der Waals surface area contributed by atoms with E-state index in [1.165, 1.54) is 0 Å². The third-order valence-electron chi connectivity index (χ3n) is 3.05. The van der Waals surface area contributed by atoms with Gasteiger partial charge in [-0.25, -0.2) is 0 Å². The second kappa shape index (κ2) is 6.87. The Labute approximate surface area is 132 Å². The highest BCUT2D eigenvalue weighted by molar-refractivity contribution is 7.12. The molecule has 0 saturated heterocycles. The minimum absolute atomic E-state index is 0.0168. The van der Waals surface area contributed by atoms with Crippen LogP contribution in [0.25, 0.3) is 0 Å². The van der Waals surface area contributed by atoms with E-state index in [1.807, 2.05) is 19.9 Å². The molecule has 0 radical (unpaired) electrons. The fourth-order valence-corrected chi connectivity index (χ4v) is 3.09. The maximum atomic E-state index is 12.1. The number of anilines is 1. The van der Waals surface area contributed by atoms with Crippen molar-refractivity contribution >= 4 is 40.3 Å². The van der Waals surface area contributed by atoms with Gasteiger partial charge in [0.05, 0.1) is 0 Å². The number of nitrogens with one attached hydrogen (secondary N) is 1. The molecule has 2 aromatic rings. The van der Waals surface area contributed by atoms with Gasteiger partial charge in [0, 0.05) is 38.9 Å². The highest BCUT2D eigenvalue weighted by Gasteiger charge is 2.13. The van der Waals surface area contributed by atoms with Crippen molar-refractivity contribution in [1.82, 2.24) is 0 Å². The van der Waals surface area contributed by atoms with Crippen molar-refractivity contribution in [2.24, 2.45) is 0 Å². The minimum atomic E-state index is -0.171. The Hall–Kier alpha value is -1.65. The molecule has 0 bridgehead atoms. The SMILES string of the molecule is Cc1cc(C(=O)CCC(=O)Nc2ccc(Cl)cc2)c(C)s1. The second-order valence-corrected chi connectivity index (χ2v) is 6.70. The van der Waals surface area contributed by atoms with Crippen molar-refractivity contribution in [3.05, 3.63) is 50.7 Å². The van der Waals surface area contributed by atoms with E-state index >= 15 is 0 Å². The molecular formula is C16H16ClNO2S. The summed E-state index contributed by atoms with van der Waals surface area (Å²) in [5.74, 6) is -0.154. The maximum Gasteiger partial charge on any atom is 0.224 e. The number of ketones is 1. The lowest BCUT2D eigenvalue weighted by molar-refractivity contribution is -0.116. The molecule has 1 aromatic carbocycles. The van der Waals surface area contributed by atoms with E-state index < -0.39 is 0 Å². The van der Waals surface area contributed by atoms with Crippen LogP contribution in [0.15, 0.2) is 30.3 Å². The molecule has 1 amide bonds. The number of Topliss-reactive ketones (excluding diaryl/α,β-unsaturated/α-hetero) is 1. The number of carbonyl (C=O) groups excluding carboxylic acids is 2. The lowest BCUT2D eigenvalue weighted by atomic mass is 10.1. The first kappa shape index (κ1) is 15.7. The van der Waals surface area contributed by atoms with Gasteiger partial charge in [0.25, 0.3) is 0 Å². The van der Waals surface area contributed by atoms with Crippen molar-refractivity contribution in [3.63, 3.8) is 0 Å². The van der Waals surface area contributed by atoms with Crippen LogP contribution >= 0.6 is 22.9 Å². The molecule has 0 saturated carbocycles. The molecule has 110 valence electrons. The summed E-state index contributed by atoms with van der Waals surface area (Å²) in [5, 5.41) is 3.37. The van der Waals surface area contributed by atoms with Crippen molar-refractivity contribution in [2.45, 2.75) is 26.7 Å². The van der Waals surface area contributed by atoms with E-state index in [9.17, 15) is 9.59 Å². The van der Waals surface area contributed by atoms with E-state index in [-0.39, 0.29) is 24.5 Å². The van der Waals surface area contributed by atoms with Crippen molar-refractivity contribution in [3.8, 4) is 0 Å². The van der Waals surface area contributed by atoms with Crippen LogP contribution in [0, 0.1) is 13.8 Å². The Morgan fingerprint density at radius 3 is 2.38 bits per heavy atom. The van der Waals surface area contributed by atoms with Gasteiger partial charge in [0.1, 0.15) is 0 Å². The van der Waals surface area contributed by atoms with E-state index in [4.69, 9.17) is 11.6 Å². The summed E-state index contributed by atoms with van der Waals surface area (Å²) in [5.41, 5.74) is 1.41. The van der Waals surface area contributed by atoms with Gasteiger partial charge in [-0.2, -0.15) is 0 Å². The highest BCUT2D eigenvalue weighted by Crippen LogP contribution is 2.22. The molecule has 0 spiro atoms. The van der Waals surface area contributed by atoms with E-state index in [0.717, 1.165) is 15.3 Å². The molecule has 0 fully saturated rings. The predicted octanol–water partition coefficient (Wildman–Crippen LogP) is 4.62. The summed E-state index contributed by atoms with van der Waals surface area (Å²) in [7, 11) is 0. The van der Waals surface area contributed by atoms with Gasteiger partial charge in [0.2, 0.25) is 5.91 Å². The molecule has 0 aliphatic heterocycles. The minimum Gasteiger partial charge on any atom is -0.326 e. The van der Waals surface area contributed by atoms with Crippen LogP contribution in [0.4, 0.5) is 5.69 Å². The van der Waals surface area contributed by atoms with Gasteiger partial charge in [-0.3, -0.25) is 9.59 Å². The first-order chi connectivity index (χ1) is 9.95. The summed E-state index contributed by atoms with van der Waals surface area (Å²) in [4.78, 5) is 26.0. The Balaban J connectivity index is 1.88. The Morgan fingerprint density at radius 2 is 1.81 bits per heavy atom. The third-order valence-corrected chi connectivity index (χ3v) is 4.27. The topological polar surface area (TPSA) is 46.2 Å². The maximum absolute atomic E-state index is 12.1. The summed E-state index contributed by atoms with van der Waals surface area (Å²) < 4.78 is 0. The molecule has 1 N–H and O–H groups in total. The molecule has 0 aliphatic carbocycles. The number of halogens is 1. The third kappa shape index (κ3) is 4.41. The van der Waals surface area contributed by atoms with E-state index in [0.29, 0.717) is 10.7 Å². The number of thiophene rings is 1. The molecule has 5 heteroatoms. The van der Waals surface area contributed by atoms with Crippen LogP contribution in [0.2, 0.25) is 5.02 Å². The van der Waals surface area contributed by atoms with Crippen LogP contribution in [-0.4, -0.2) is 11.7 Å². The van der Waals surface area contributed by atoms with Gasteiger partial charge in [0.15, 0.2) is 5.78 Å². The van der Waals surface area contributed by atoms with Gasteiger partial charge in [-0.15, -0.1) is 11.3 Å². The molecule has 0 aliphatic rings. The highest BCUT2D eigenvalue weighted by atomic mass is 35.5. The molecule has 1 aromatic heterocycles. The summed E-state index contributed by atoms with van der Waals surface area (Å²) in [6.07, 6.45) is 0.395. The van der Waals surface area contributed by atoms with Crippen molar-refractivity contribution < 1.29 is 9.59 Å². The number of rotatable bonds is 5. The smallest absolute Gasteiger partial charge is 0.224 e. The van der Waals surface area contributed by atoms with Crippen molar-refractivity contribution in [2.75, 3.05) is 5.32 Å². The molecule has 21 heavy (non-hydrogen) atoms. The number of hydrogen-bond donors (Lipinski definition) is 1. The number of benzene rings is 1. The fourth-order valence-electron chi connectivity index (χ4n) is 2.03. The zero-order chi connectivity index (χ0) is 15.4. The van der Waals surface area contributed by atoms with Gasteiger partial charge in [-0.1, -0.05) is 11.6 Å². The standard InChI is InChI=1S/C16H16ClNO2S/c1-10-9-14(11(2)21-10)15(19)7-8-16(20)18-13-5-3-12(17)4-6-13/h3-6,9H,7-8H2,1-2H3,(H,18,20). The second-order valence-electron chi connectivity index (χ2n) is 4.81. The molecule has 2 rings (SSSR count). The number of amides is 1. The molecule has 0 atom stereocenters. The van der Waals surface area contributed by atoms with Crippen LogP contribution in [0.5, 0.6) is 0 Å². The quantitative estimate of drug-likeness (QED) is 0.817. The van der Waals surface area contributed by atoms with Gasteiger partial charge < -0.3 is 5.32 Å². The van der Waals surface area contributed by atoms with Gasteiger partial charge >= 0.3 is 0 Å². The number of aryl methyl sites for hydroxylation is 2. The zero-order valence-corrected chi connectivity index (χ0v) is 13.5. The molecule has 3 nitrogen and oxygen atoms in total. The summed E-state index contributed by atoms with van der Waals surface area (Å²) >= 11 is 7.38. The Morgan fingerprint density at radius 1 is 1.14 bits per heavy atom. The largest absolute Gasteiger partial charge is 0.326 e. The Bertz CT molecular complexity index is 661. The summed E-state index contributed by atoms with van der Waals surface area (Å²) in [6, 6.07) is 8.77. The van der Waals surface area contributed by atoms with E-state index in [2.05, 4.69) is 5.32 Å². The zero-order valence-electron chi connectivity index (χ0n) is 11.9. The van der Waals surface area contributed by atoms with Crippen LogP contribution in [0.1, 0.15) is 33.0 Å². The summed E-state index contributed by atoms with van der Waals surface area (Å²) in [6.45, 7) is 3.90. The lowest BCUT2D eigenvalue weighted by Gasteiger charge is -2.05. The van der Waals surface area contributed by atoms with Gasteiger partial charge in [-0.05, 0) is 44.2 Å². The normalized spacial score (nSPS) is 10.4. The monoisotopic (exact) mass is 321 g/mol. The number of hydrogen-bond acceptors (Lipinski definition) is 3. The Kier molecular flexibility index (Phi) is 5.15. The number of carbonyl (C=O) groups is 2. The van der Waals surface area contributed by atoms with Crippen LogP contribution in [-0.2, 0) is 4.79 Å². The molecule has 0 unspecified atom stereocenters. The lowest BCUT2D eigenvalue weighted by Crippen LogP contribution is -2.13. The first-order valence-corrected chi connectivity index (χ1v) is 7.81. The molecule has 1 heterocycles. The molecular weight excluding hydrogens is 306 g/mol. The first-order valence-electron chi connectivity index (χ1n) is 6.61.